The second-order valence-corrected chi connectivity index (χ2v) is 6.60. The van der Waals surface area contributed by atoms with E-state index in [1.54, 1.807) is 0 Å². The lowest BCUT2D eigenvalue weighted by molar-refractivity contribution is -0.139. The summed E-state index contributed by atoms with van der Waals surface area (Å²) in [6.45, 7) is 12.1. The van der Waals surface area contributed by atoms with Crippen LogP contribution in [0, 0.1) is 5.41 Å². The molecule has 5 heteroatoms. The molecule has 0 aliphatic carbocycles. The largest absolute Gasteiger partial charge is 0.345 e. The summed E-state index contributed by atoms with van der Waals surface area (Å²) < 4.78 is 0. The molecule has 1 saturated heterocycles. The normalized spacial score (nSPS) is 21.9. The van der Waals surface area contributed by atoms with Gasteiger partial charge in [0, 0.05) is 32.6 Å². The molecule has 2 N–H and O–H groups in total. The van der Waals surface area contributed by atoms with Gasteiger partial charge in [-0.2, -0.15) is 0 Å². The lowest BCUT2D eigenvalue weighted by Crippen LogP contribution is -2.58. The smallest absolute Gasteiger partial charge is 0.245 e. The number of carbonyl (C=O) groups excluding carboxylic acids is 2. The molecule has 1 aliphatic rings. The molecular formula is C14H27N3O2. The van der Waals surface area contributed by atoms with Crippen molar-refractivity contribution in [2.75, 3.05) is 19.6 Å². The fraction of sp³-hybridized carbons (Fsp3) is 0.857. The standard InChI is InChI=1S/C14H27N3O2/c1-10-9-15-6-7-17(10)13(19)12(16-11(2)18)8-14(3,4)5/h10,12,15H,6-9H2,1-5H3,(H,16,18)/t10-,12+/m1/s1. The fourth-order valence-corrected chi connectivity index (χ4v) is 2.43. The van der Waals surface area contributed by atoms with E-state index in [1.807, 2.05) is 11.8 Å². The highest BCUT2D eigenvalue weighted by molar-refractivity contribution is 5.87. The molecule has 0 bridgehead atoms. The third kappa shape index (κ3) is 5.19. The molecule has 0 aromatic rings. The van der Waals surface area contributed by atoms with Crippen LogP contribution in [0.1, 0.15) is 41.0 Å². The van der Waals surface area contributed by atoms with Gasteiger partial charge in [-0.25, -0.2) is 0 Å². The van der Waals surface area contributed by atoms with Gasteiger partial charge in [-0.15, -0.1) is 0 Å². The molecule has 1 heterocycles. The molecule has 0 spiro atoms. The van der Waals surface area contributed by atoms with Crippen molar-refractivity contribution in [1.82, 2.24) is 15.5 Å². The van der Waals surface area contributed by atoms with Gasteiger partial charge in [0.15, 0.2) is 0 Å². The van der Waals surface area contributed by atoms with Crippen molar-refractivity contribution in [2.45, 2.75) is 53.1 Å². The van der Waals surface area contributed by atoms with E-state index in [2.05, 4.69) is 31.4 Å². The zero-order chi connectivity index (χ0) is 14.6. The summed E-state index contributed by atoms with van der Waals surface area (Å²) in [6, 6.07) is -0.240. The van der Waals surface area contributed by atoms with Crippen LogP contribution in [0.5, 0.6) is 0 Å². The molecule has 5 nitrogen and oxygen atoms in total. The summed E-state index contributed by atoms with van der Waals surface area (Å²) >= 11 is 0. The first-order valence-corrected chi connectivity index (χ1v) is 6.99. The topological polar surface area (TPSA) is 61.4 Å². The number of hydrogen-bond donors (Lipinski definition) is 2. The van der Waals surface area contributed by atoms with Gasteiger partial charge < -0.3 is 15.5 Å². The number of nitrogens with one attached hydrogen (secondary N) is 2. The van der Waals surface area contributed by atoms with Crippen molar-refractivity contribution >= 4 is 11.8 Å². The highest BCUT2D eigenvalue weighted by Gasteiger charge is 2.32. The van der Waals surface area contributed by atoms with Gasteiger partial charge in [0.1, 0.15) is 6.04 Å². The van der Waals surface area contributed by atoms with Gasteiger partial charge in [-0.05, 0) is 18.8 Å². The number of rotatable bonds is 3. The second kappa shape index (κ2) is 6.37. The third-order valence-electron chi connectivity index (χ3n) is 3.28. The van der Waals surface area contributed by atoms with Crippen LogP contribution >= 0.6 is 0 Å². The number of amides is 2. The van der Waals surface area contributed by atoms with E-state index in [-0.39, 0.29) is 23.3 Å². The van der Waals surface area contributed by atoms with Gasteiger partial charge in [0.25, 0.3) is 0 Å². The molecule has 0 unspecified atom stereocenters. The molecule has 110 valence electrons. The zero-order valence-corrected chi connectivity index (χ0v) is 12.7. The molecule has 1 aliphatic heterocycles. The molecule has 1 fully saturated rings. The molecule has 1 rings (SSSR count). The molecule has 0 aromatic carbocycles. The molecule has 2 atom stereocenters. The number of nitrogens with zero attached hydrogens (tertiary/aromatic N) is 1. The Morgan fingerprint density at radius 2 is 2.05 bits per heavy atom. The fourth-order valence-electron chi connectivity index (χ4n) is 2.43. The predicted octanol–water partition coefficient (Wildman–Crippen LogP) is 0.748. The first kappa shape index (κ1) is 16.0. The van der Waals surface area contributed by atoms with E-state index >= 15 is 0 Å². The molecule has 19 heavy (non-hydrogen) atoms. The minimum atomic E-state index is -0.418. The van der Waals surface area contributed by atoms with Crippen molar-refractivity contribution in [3.8, 4) is 0 Å². The molecule has 0 aromatic heterocycles. The Labute approximate surface area is 116 Å². The van der Waals surface area contributed by atoms with Gasteiger partial charge in [-0.3, -0.25) is 9.59 Å². The quantitative estimate of drug-likeness (QED) is 0.795. The van der Waals surface area contributed by atoms with Crippen LogP contribution in [0.25, 0.3) is 0 Å². The van der Waals surface area contributed by atoms with Crippen LogP contribution in [0.4, 0.5) is 0 Å². The maximum Gasteiger partial charge on any atom is 0.245 e. The van der Waals surface area contributed by atoms with Crippen molar-refractivity contribution in [2.24, 2.45) is 5.41 Å². The summed E-state index contributed by atoms with van der Waals surface area (Å²) in [5.74, 6) is -0.107. The number of carbonyl (C=O) groups is 2. The van der Waals surface area contributed by atoms with Crippen LogP contribution in [-0.2, 0) is 9.59 Å². The minimum Gasteiger partial charge on any atom is -0.345 e. The van der Waals surface area contributed by atoms with Gasteiger partial charge in [0.2, 0.25) is 11.8 Å². The summed E-state index contributed by atoms with van der Waals surface area (Å²) in [4.78, 5) is 25.8. The molecule has 0 radical (unpaired) electrons. The lowest BCUT2D eigenvalue weighted by Gasteiger charge is -2.37. The number of hydrogen-bond acceptors (Lipinski definition) is 3. The average Bonchev–Trinajstić information content (AvgIpc) is 2.25. The first-order valence-electron chi connectivity index (χ1n) is 6.99. The highest BCUT2D eigenvalue weighted by atomic mass is 16.2. The van der Waals surface area contributed by atoms with E-state index in [1.165, 1.54) is 6.92 Å². The van der Waals surface area contributed by atoms with E-state index in [0.717, 1.165) is 13.1 Å². The second-order valence-electron chi connectivity index (χ2n) is 6.60. The van der Waals surface area contributed by atoms with Crippen molar-refractivity contribution in [1.29, 1.82) is 0 Å². The van der Waals surface area contributed by atoms with Crippen LogP contribution in [0.2, 0.25) is 0 Å². The van der Waals surface area contributed by atoms with Crippen LogP contribution < -0.4 is 10.6 Å². The highest BCUT2D eigenvalue weighted by Crippen LogP contribution is 2.22. The Morgan fingerprint density at radius 1 is 1.42 bits per heavy atom. The van der Waals surface area contributed by atoms with Gasteiger partial charge >= 0.3 is 0 Å². The monoisotopic (exact) mass is 269 g/mol. The molecule has 0 saturated carbocycles. The average molecular weight is 269 g/mol. The summed E-state index contributed by atoms with van der Waals surface area (Å²) in [5, 5.41) is 6.07. The Kier molecular flexibility index (Phi) is 5.35. The summed E-state index contributed by atoms with van der Waals surface area (Å²) in [7, 11) is 0. The van der Waals surface area contributed by atoms with E-state index in [9.17, 15) is 9.59 Å². The van der Waals surface area contributed by atoms with Gasteiger partial charge in [0.05, 0.1) is 0 Å². The van der Waals surface area contributed by atoms with Crippen molar-refractivity contribution in [3.63, 3.8) is 0 Å². The Balaban J connectivity index is 2.77. The van der Waals surface area contributed by atoms with E-state index in [0.29, 0.717) is 13.0 Å². The maximum atomic E-state index is 12.6. The van der Waals surface area contributed by atoms with Crippen molar-refractivity contribution < 1.29 is 9.59 Å². The summed E-state index contributed by atoms with van der Waals surface area (Å²) in [5.41, 5.74) is 0.0000511. The van der Waals surface area contributed by atoms with Crippen LogP contribution in [0.15, 0.2) is 0 Å². The Bertz CT molecular complexity index is 336. The minimum absolute atomic E-state index is 0.0000511. The Hall–Kier alpha value is -1.10. The SMILES string of the molecule is CC(=O)N[C@@H](CC(C)(C)C)C(=O)N1CCNC[C@H]1C. The van der Waals surface area contributed by atoms with Gasteiger partial charge in [-0.1, -0.05) is 20.8 Å². The van der Waals surface area contributed by atoms with Crippen LogP contribution in [0.3, 0.4) is 0 Å². The number of piperazine rings is 1. The third-order valence-corrected chi connectivity index (χ3v) is 3.28. The van der Waals surface area contributed by atoms with Crippen LogP contribution in [-0.4, -0.2) is 48.4 Å². The van der Waals surface area contributed by atoms with E-state index in [4.69, 9.17) is 0 Å². The Morgan fingerprint density at radius 3 is 2.53 bits per heavy atom. The predicted molar refractivity (Wildman–Crippen MR) is 75.7 cm³/mol. The maximum absolute atomic E-state index is 12.6. The lowest BCUT2D eigenvalue weighted by atomic mass is 9.87. The molecule has 2 amide bonds. The molecular weight excluding hydrogens is 242 g/mol. The summed E-state index contributed by atoms with van der Waals surface area (Å²) in [6.07, 6.45) is 0.655. The first-order chi connectivity index (χ1) is 8.70. The van der Waals surface area contributed by atoms with Crippen molar-refractivity contribution in [3.05, 3.63) is 0 Å². The van der Waals surface area contributed by atoms with E-state index < -0.39 is 6.04 Å². The zero-order valence-electron chi connectivity index (χ0n) is 12.7.